The minimum Gasteiger partial charge on any atom is -0.504 e. The van der Waals surface area contributed by atoms with Crippen LogP contribution in [0.4, 0.5) is 0 Å². The summed E-state index contributed by atoms with van der Waals surface area (Å²) in [6, 6.07) is 2.87. The van der Waals surface area contributed by atoms with Gasteiger partial charge in [0.05, 0.1) is 0 Å². The number of phenols is 2. The molecule has 0 bridgehead atoms. The normalized spacial score (nSPS) is 14.4. The topological polar surface area (TPSA) is 104 Å². The van der Waals surface area contributed by atoms with Crippen molar-refractivity contribution in [2.45, 2.75) is 25.8 Å². The first-order valence-corrected chi connectivity index (χ1v) is 4.78. The van der Waals surface area contributed by atoms with Crippen LogP contribution in [0.5, 0.6) is 11.5 Å². The average molecular weight is 225 g/mol. The summed E-state index contributed by atoms with van der Waals surface area (Å²) in [5.74, 6) is -1.58. The Morgan fingerprint density at radius 3 is 2.50 bits per heavy atom. The lowest BCUT2D eigenvalue weighted by atomic mass is 9.91. The van der Waals surface area contributed by atoms with Gasteiger partial charge < -0.3 is 21.1 Å². The van der Waals surface area contributed by atoms with Crippen LogP contribution in [0.1, 0.15) is 18.1 Å². The van der Waals surface area contributed by atoms with Crippen molar-refractivity contribution in [2.75, 3.05) is 0 Å². The van der Waals surface area contributed by atoms with E-state index in [0.717, 1.165) is 0 Å². The zero-order valence-corrected chi connectivity index (χ0v) is 9.19. The lowest BCUT2D eigenvalue weighted by Crippen LogP contribution is -2.46. The molecule has 1 unspecified atom stereocenters. The molecular weight excluding hydrogens is 210 g/mol. The number of hydrogen-bond acceptors (Lipinski definition) is 4. The highest BCUT2D eigenvalue weighted by Gasteiger charge is 2.29. The van der Waals surface area contributed by atoms with Crippen molar-refractivity contribution >= 4 is 5.97 Å². The van der Waals surface area contributed by atoms with Gasteiger partial charge in [-0.05, 0) is 31.0 Å². The fraction of sp³-hybridized carbons (Fsp3) is 0.364. The first-order valence-electron chi connectivity index (χ1n) is 4.78. The molecule has 0 saturated carbocycles. The number of phenolic OH excluding ortho intramolecular Hbond substituents is 2. The van der Waals surface area contributed by atoms with Crippen molar-refractivity contribution < 1.29 is 20.1 Å². The van der Waals surface area contributed by atoms with Gasteiger partial charge in [0.15, 0.2) is 11.5 Å². The molecule has 0 heterocycles. The number of aromatic hydroxyl groups is 2. The van der Waals surface area contributed by atoms with E-state index in [4.69, 9.17) is 10.8 Å². The Balaban J connectivity index is 3.08. The highest BCUT2D eigenvalue weighted by Crippen LogP contribution is 2.31. The molecule has 0 aliphatic rings. The molecule has 88 valence electrons. The minimum atomic E-state index is -1.39. The second-order valence-electron chi connectivity index (χ2n) is 4.12. The molecule has 0 saturated heterocycles. The summed E-state index contributed by atoms with van der Waals surface area (Å²) in [5.41, 5.74) is 5.25. The summed E-state index contributed by atoms with van der Waals surface area (Å²) in [7, 11) is 0. The largest absolute Gasteiger partial charge is 0.504 e. The van der Waals surface area contributed by atoms with E-state index in [2.05, 4.69) is 0 Å². The van der Waals surface area contributed by atoms with Crippen molar-refractivity contribution in [3.63, 3.8) is 0 Å². The first kappa shape index (κ1) is 12.3. The van der Waals surface area contributed by atoms with Gasteiger partial charge in [-0.25, -0.2) is 0 Å². The molecule has 16 heavy (non-hydrogen) atoms. The highest BCUT2D eigenvalue weighted by atomic mass is 16.4. The van der Waals surface area contributed by atoms with Crippen molar-refractivity contribution in [2.24, 2.45) is 5.73 Å². The van der Waals surface area contributed by atoms with E-state index in [1.807, 2.05) is 0 Å². The van der Waals surface area contributed by atoms with Gasteiger partial charge in [0.2, 0.25) is 0 Å². The van der Waals surface area contributed by atoms with E-state index in [1.54, 1.807) is 13.0 Å². The Hall–Kier alpha value is -1.75. The number of carboxylic acid groups (broad SMARTS) is 1. The van der Waals surface area contributed by atoms with E-state index < -0.39 is 11.5 Å². The number of hydrogen-bond donors (Lipinski definition) is 4. The average Bonchev–Trinajstić information content (AvgIpc) is 2.19. The van der Waals surface area contributed by atoms with E-state index in [1.165, 1.54) is 13.0 Å². The molecule has 0 aliphatic heterocycles. The van der Waals surface area contributed by atoms with Crippen molar-refractivity contribution in [1.29, 1.82) is 0 Å². The smallest absolute Gasteiger partial charge is 0.323 e. The molecule has 0 aromatic heterocycles. The van der Waals surface area contributed by atoms with Crippen LogP contribution in [-0.4, -0.2) is 26.8 Å². The van der Waals surface area contributed by atoms with Crippen LogP contribution < -0.4 is 5.73 Å². The third-order valence-corrected chi connectivity index (χ3v) is 2.57. The monoisotopic (exact) mass is 225 g/mol. The van der Waals surface area contributed by atoms with Crippen LogP contribution in [0.2, 0.25) is 0 Å². The van der Waals surface area contributed by atoms with E-state index in [9.17, 15) is 15.0 Å². The molecule has 1 aromatic carbocycles. The molecule has 5 N–H and O–H groups in total. The van der Waals surface area contributed by atoms with Gasteiger partial charge in [0.1, 0.15) is 5.54 Å². The maximum Gasteiger partial charge on any atom is 0.323 e. The molecule has 1 atom stereocenters. The number of carboxylic acids is 1. The minimum absolute atomic E-state index is 0.0853. The summed E-state index contributed by atoms with van der Waals surface area (Å²) in [5, 5.41) is 27.6. The number of carbonyl (C=O) groups is 1. The molecule has 0 amide bonds. The second-order valence-corrected chi connectivity index (χ2v) is 4.12. The number of aliphatic carboxylic acids is 1. The SMILES string of the molecule is Cc1c(CC(C)(N)C(=O)O)ccc(O)c1O. The van der Waals surface area contributed by atoms with Crippen LogP contribution >= 0.6 is 0 Å². The molecule has 0 radical (unpaired) electrons. The number of benzene rings is 1. The van der Waals surface area contributed by atoms with E-state index in [-0.39, 0.29) is 17.9 Å². The van der Waals surface area contributed by atoms with Gasteiger partial charge in [0.25, 0.3) is 0 Å². The van der Waals surface area contributed by atoms with Crippen LogP contribution in [0.25, 0.3) is 0 Å². The molecular formula is C11H15NO4. The summed E-state index contributed by atoms with van der Waals surface area (Å²) in [6.07, 6.45) is 0.0853. The predicted molar refractivity (Wildman–Crippen MR) is 58.4 cm³/mol. The lowest BCUT2D eigenvalue weighted by Gasteiger charge is -2.20. The summed E-state index contributed by atoms with van der Waals surface area (Å²) < 4.78 is 0. The van der Waals surface area contributed by atoms with Crippen LogP contribution in [0.3, 0.4) is 0 Å². The standard InChI is InChI=1S/C11H15NO4/c1-6-7(3-4-8(13)9(6)14)5-11(2,12)10(15)16/h3-4,13-14H,5,12H2,1-2H3,(H,15,16). The van der Waals surface area contributed by atoms with Gasteiger partial charge in [-0.1, -0.05) is 6.07 Å². The zero-order chi connectivity index (χ0) is 12.5. The Labute approximate surface area is 93.1 Å². The third-order valence-electron chi connectivity index (χ3n) is 2.57. The molecule has 5 heteroatoms. The summed E-state index contributed by atoms with van der Waals surface area (Å²) in [4.78, 5) is 10.9. The first-order chi connectivity index (χ1) is 7.25. The van der Waals surface area contributed by atoms with Crippen LogP contribution in [-0.2, 0) is 11.2 Å². The number of nitrogens with two attached hydrogens (primary N) is 1. The van der Waals surface area contributed by atoms with Crippen LogP contribution in [0.15, 0.2) is 12.1 Å². The molecule has 0 aliphatic carbocycles. The second kappa shape index (κ2) is 4.02. The van der Waals surface area contributed by atoms with Gasteiger partial charge in [0, 0.05) is 6.42 Å². The molecule has 5 nitrogen and oxygen atoms in total. The molecule has 0 spiro atoms. The van der Waals surface area contributed by atoms with Crippen molar-refractivity contribution in [3.05, 3.63) is 23.3 Å². The van der Waals surface area contributed by atoms with Gasteiger partial charge in [-0.2, -0.15) is 0 Å². The maximum atomic E-state index is 10.9. The predicted octanol–water partition coefficient (Wildman–Crippen LogP) is 0.751. The lowest BCUT2D eigenvalue weighted by molar-refractivity contribution is -0.142. The van der Waals surface area contributed by atoms with Crippen molar-refractivity contribution in [1.82, 2.24) is 0 Å². The third kappa shape index (κ3) is 2.25. The summed E-state index contributed by atoms with van der Waals surface area (Å²) in [6.45, 7) is 3.00. The zero-order valence-electron chi connectivity index (χ0n) is 9.19. The summed E-state index contributed by atoms with van der Waals surface area (Å²) >= 11 is 0. The Morgan fingerprint density at radius 1 is 1.44 bits per heavy atom. The van der Waals surface area contributed by atoms with E-state index >= 15 is 0 Å². The molecule has 0 fully saturated rings. The van der Waals surface area contributed by atoms with E-state index in [0.29, 0.717) is 11.1 Å². The van der Waals surface area contributed by atoms with Gasteiger partial charge in [-0.15, -0.1) is 0 Å². The fourth-order valence-corrected chi connectivity index (χ4v) is 1.39. The van der Waals surface area contributed by atoms with Gasteiger partial charge in [-0.3, -0.25) is 4.79 Å². The quantitative estimate of drug-likeness (QED) is 0.568. The Bertz CT molecular complexity index is 426. The van der Waals surface area contributed by atoms with Crippen molar-refractivity contribution in [3.8, 4) is 11.5 Å². The highest BCUT2D eigenvalue weighted by molar-refractivity contribution is 5.78. The Kier molecular flexibility index (Phi) is 3.09. The molecule has 1 rings (SSSR count). The fourth-order valence-electron chi connectivity index (χ4n) is 1.39. The Morgan fingerprint density at radius 2 is 2.00 bits per heavy atom. The van der Waals surface area contributed by atoms with Gasteiger partial charge >= 0.3 is 5.97 Å². The van der Waals surface area contributed by atoms with Crippen LogP contribution in [0, 0.1) is 6.92 Å². The maximum absolute atomic E-state index is 10.9. The molecule has 1 aromatic rings. The number of rotatable bonds is 3.